The Kier molecular flexibility index (Phi) is 3.66. The zero-order chi connectivity index (χ0) is 15.5. The highest BCUT2D eigenvalue weighted by atomic mass is 16.4. The monoisotopic (exact) mass is 290 g/mol. The number of carbonyl (C=O) groups is 1. The lowest BCUT2D eigenvalue weighted by Crippen LogP contribution is -2.27. The maximum Gasteiger partial charge on any atom is 0.212 e. The highest BCUT2D eigenvalue weighted by molar-refractivity contribution is 5.98. The molecule has 4 nitrogen and oxygen atoms in total. The average molecular weight is 290 g/mol. The van der Waals surface area contributed by atoms with Gasteiger partial charge in [0.1, 0.15) is 7.05 Å². The minimum Gasteiger partial charge on any atom is -0.545 e. The lowest BCUT2D eigenvalue weighted by atomic mass is 10.1. The molecule has 0 atom stereocenters. The Bertz CT molecular complexity index is 868. The van der Waals surface area contributed by atoms with E-state index in [0.29, 0.717) is 5.69 Å². The summed E-state index contributed by atoms with van der Waals surface area (Å²) in [6.07, 6.45) is 3.79. The van der Waals surface area contributed by atoms with Crippen molar-refractivity contribution < 1.29 is 14.5 Å². The summed E-state index contributed by atoms with van der Waals surface area (Å²) >= 11 is 0. The van der Waals surface area contributed by atoms with E-state index >= 15 is 0 Å². The number of fused-ring (bicyclic) bond motifs is 1. The molecule has 1 heterocycles. The van der Waals surface area contributed by atoms with Crippen molar-refractivity contribution in [3.05, 3.63) is 71.9 Å². The Morgan fingerprint density at radius 3 is 2.59 bits per heavy atom. The van der Waals surface area contributed by atoms with E-state index in [1.54, 1.807) is 18.3 Å². The molecule has 3 rings (SSSR count). The van der Waals surface area contributed by atoms with E-state index in [1.807, 2.05) is 31.4 Å². The van der Waals surface area contributed by atoms with Crippen LogP contribution in [0.25, 0.3) is 10.9 Å². The zero-order valence-electron chi connectivity index (χ0n) is 12.1. The van der Waals surface area contributed by atoms with Gasteiger partial charge in [-0.25, -0.2) is 4.57 Å². The summed E-state index contributed by atoms with van der Waals surface area (Å²) in [7, 11) is 2.00. The normalized spacial score (nSPS) is 11.1. The third-order valence-electron chi connectivity index (χ3n) is 3.53. The van der Waals surface area contributed by atoms with Crippen LogP contribution in [0.2, 0.25) is 0 Å². The first-order valence-corrected chi connectivity index (χ1v) is 6.88. The van der Waals surface area contributed by atoms with E-state index < -0.39 is 5.97 Å². The van der Waals surface area contributed by atoms with Gasteiger partial charge in [0.15, 0.2) is 6.20 Å². The van der Waals surface area contributed by atoms with Crippen molar-refractivity contribution in [1.82, 2.24) is 0 Å². The van der Waals surface area contributed by atoms with Crippen LogP contribution in [0.5, 0.6) is 0 Å². The third-order valence-corrected chi connectivity index (χ3v) is 3.53. The summed E-state index contributed by atoms with van der Waals surface area (Å²) in [5.41, 5.74) is 2.98. The van der Waals surface area contributed by atoms with Gasteiger partial charge >= 0.3 is 0 Å². The molecule has 2 aromatic carbocycles. The van der Waals surface area contributed by atoms with Gasteiger partial charge in [-0.2, -0.15) is 0 Å². The molecule has 0 amide bonds. The maximum absolute atomic E-state index is 10.7. The molecule has 1 aromatic heterocycles. The number of aryl methyl sites for hydroxylation is 1. The molecular formula is C18H14N2O2. The number of aromatic carboxylic acids is 1. The van der Waals surface area contributed by atoms with Crippen molar-refractivity contribution in [1.29, 1.82) is 0 Å². The first-order valence-electron chi connectivity index (χ1n) is 6.88. The number of aliphatic imine (C=N–C) groups is 1. The Labute approximate surface area is 128 Å². The van der Waals surface area contributed by atoms with Gasteiger partial charge in [0.2, 0.25) is 5.52 Å². The summed E-state index contributed by atoms with van der Waals surface area (Å²) in [5.74, 6) is -1.18. The van der Waals surface area contributed by atoms with Gasteiger partial charge in [-0.05, 0) is 23.8 Å². The molecule has 0 saturated heterocycles. The Hall–Kier alpha value is -3.01. The van der Waals surface area contributed by atoms with Crippen LogP contribution in [0.1, 0.15) is 15.9 Å². The summed E-state index contributed by atoms with van der Waals surface area (Å²) < 4.78 is 2.06. The summed E-state index contributed by atoms with van der Waals surface area (Å²) in [6, 6.07) is 16.4. The number of carboxylic acid groups (broad SMARTS) is 1. The number of carbonyl (C=O) groups excluding carboxylic acids is 1. The fourth-order valence-corrected chi connectivity index (χ4v) is 2.35. The van der Waals surface area contributed by atoms with Gasteiger partial charge in [0.05, 0.1) is 17.0 Å². The van der Waals surface area contributed by atoms with Crippen LogP contribution in [-0.4, -0.2) is 12.2 Å². The number of hydrogen-bond donors (Lipinski definition) is 0. The smallest absolute Gasteiger partial charge is 0.212 e. The summed E-state index contributed by atoms with van der Waals surface area (Å²) in [4.78, 5) is 15.1. The number of carboxylic acids is 1. The highest BCUT2D eigenvalue weighted by Gasteiger charge is 2.06. The first kappa shape index (κ1) is 13.9. The lowest BCUT2D eigenvalue weighted by molar-refractivity contribution is -0.644. The van der Waals surface area contributed by atoms with Crippen molar-refractivity contribution in [2.75, 3.05) is 0 Å². The van der Waals surface area contributed by atoms with Crippen LogP contribution >= 0.6 is 0 Å². The minimum absolute atomic E-state index is 0.149. The third kappa shape index (κ3) is 2.72. The quantitative estimate of drug-likeness (QED) is 0.545. The molecule has 0 fully saturated rings. The molecule has 0 saturated carbocycles. The highest BCUT2D eigenvalue weighted by Crippen LogP contribution is 2.16. The van der Waals surface area contributed by atoms with Gasteiger partial charge in [-0.3, -0.25) is 4.99 Å². The molecule has 4 heteroatoms. The van der Waals surface area contributed by atoms with E-state index in [-0.39, 0.29) is 5.56 Å². The van der Waals surface area contributed by atoms with Crippen LogP contribution in [0.3, 0.4) is 0 Å². The van der Waals surface area contributed by atoms with Gasteiger partial charge < -0.3 is 9.90 Å². The maximum atomic E-state index is 10.7. The van der Waals surface area contributed by atoms with Crippen molar-refractivity contribution in [2.24, 2.45) is 12.0 Å². The second-order valence-corrected chi connectivity index (χ2v) is 4.99. The standard InChI is InChI=1S/C18H14N2O2/c1-20-11-3-5-16-14(4-2-6-17(16)20)12-19-15-9-7-13(8-10-15)18(21)22/h2-12H,1H3. The van der Waals surface area contributed by atoms with Crippen LogP contribution in [-0.2, 0) is 7.05 Å². The molecule has 0 unspecified atom stereocenters. The minimum atomic E-state index is -1.18. The summed E-state index contributed by atoms with van der Waals surface area (Å²) in [6.45, 7) is 0. The molecule has 108 valence electrons. The van der Waals surface area contributed by atoms with Crippen LogP contribution in [0, 0.1) is 0 Å². The Morgan fingerprint density at radius 2 is 1.86 bits per heavy atom. The second kappa shape index (κ2) is 5.77. The molecule has 0 aliphatic heterocycles. The van der Waals surface area contributed by atoms with E-state index in [2.05, 4.69) is 21.7 Å². The molecule has 0 bridgehead atoms. The van der Waals surface area contributed by atoms with Gasteiger partial charge in [0.25, 0.3) is 0 Å². The average Bonchev–Trinajstić information content (AvgIpc) is 2.54. The first-order chi connectivity index (χ1) is 10.6. The molecule has 0 aliphatic rings. The SMILES string of the molecule is C[n+]1cccc2c(C=Nc3ccc(C(=O)[O-])cc3)cccc21. The largest absolute Gasteiger partial charge is 0.545 e. The van der Waals surface area contributed by atoms with Crippen molar-refractivity contribution in [3.63, 3.8) is 0 Å². The lowest BCUT2D eigenvalue weighted by Gasteiger charge is -2.02. The number of nitrogens with zero attached hydrogens (tertiary/aromatic N) is 2. The Balaban J connectivity index is 1.96. The zero-order valence-corrected chi connectivity index (χ0v) is 12.1. The number of benzene rings is 2. The van der Waals surface area contributed by atoms with E-state index in [4.69, 9.17) is 0 Å². The topological polar surface area (TPSA) is 56.4 Å². The summed E-state index contributed by atoms with van der Waals surface area (Å²) in [5, 5.41) is 11.8. The molecule has 0 radical (unpaired) electrons. The van der Waals surface area contributed by atoms with Crippen LogP contribution in [0.4, 0.5) is 5.69 Å². The number of rotatable bonds is 3. The van der Waals surface area contributed by atoms with E-state index in [1.165, 1.54) is 12.1 Å². The van der Waals surface area contributed by atoms with Gasteiger partial charge in [-0.15, -0.1) is 0 Å². The van der Waals surface area contributed by atoms with Crippen molar-refractivity contribution in [3.8, 4) is 0 Å². The Morgan fingerprint density at radius 1 is 1.09 bits per heavy atom. The molecule has 0 aliphatic carbocycles. The predicted molar refractivity (Wildman–Crippen MR) is 83.2 cm³/mol. The fourth-order valence-electron chi connectivity index (χ4n) is 2.35. The fraction of sp³-hybridized carbons (Fsp3) is 0.0556. The van der Waals surface area contributed by atoms with E-state index in [9.17, 15) is 9.90 Å². The van der Waals surface area contributed by atoms with Crippen molar-refractivity contribution in [2.45, 2.75) is 0 Å². The van der Waals surface area contributed by atoms with E-state index in [0.717, 1.165) is 16.5 Å². The molecule has 3 aromatic rings. The molecule has 0 spiro atoms. The van der Waals surface area contributed by atoms with Crippen LogP contribution < -0.4 is 9.67 Å². The predicted octanol–water partition coefficient (Wildman–Crippen LogP) is 1.78. The van der Waals surface area contributed by atoms with Gasteiger partial charge in [0, 0.05) is 23.9 Å². The van der Waals surface area contributed by atoms with Crippen molar-refractivity contribution >= 4 is 28.8 Å². The molecule has 22 heavy (non-hydrogen) atoms. The molecule has 0 N–H and O–H groups in total. The number of hydrogen-bond acceptors (Lipinski definition) is 3. The number of pyridine rings is 1. The molecular weight excluding hydrogens is 276 g/mol. The van der Waals surface area contributed by atoms with Crippen LogP contribution in [0.15, 0.2) is 65.8 Å². The number of aromatic nitrogens is 1. The second-order valence-electron chi connectivity index (χ2n) is 4.99. The van der Waals surface area contributed by atoms with Gasteiger partial charge in [-0.1, -0.05) is 24.3 Å².